The Morgan fingerprint density at radius 3 is 2.68 bits per heavy atom. The normalized spacial score (nSPS) is 21.3. The molecular weight excluding hydrogens is 261 g/mol. The molecule has 0 fully saturated rings. The molecule has 0 spiro atoms. The third-order valence-electron chi connectivity index (χ3n) is 2.46. The van der Waals surface area contributed by atoms with Gasteiger partial charge in [0.05, 0.1) is 18.2 Å². The van der Waals surface area contributed by atoms with E-state index in [1.54, 1.807) is 6.07 Å². The molecule has 0 saturated heterocycles. The topological polar surface area (TPSA) is 73.1 Å². The maximum Gasteiger partial charge on any atom is 0.423 e. The largest absolute Gasteiger partial charge is 0.423 e. The summed E-state index contributed by atoms with van der Waals surface area (Å²) in [4.78, 5) is 11.6. The number of nitrogens with one attached hydrogen (secondary N) is 1. The molecule has 2 N–H and O–H groups in total. The second-order valence-corrected chi connectivity index (χ2v) is 4.03. The third-order valence-corrected chi connectivity index (χ3v) is 2.46. The van der Waals surface area contributed by atoms with Crippen molar-refractivity contribution in [3.05, 3.63) is 11.6 Å². The molecule has 102 valence electrons. The van der Waals surface area contributed by atoms with Gasteiger partial charge in [0.25, 0.3) is 0 Å². The number of carbonyl (C=O) groups excluding carboxylic acids is 1. The molecule has 0 bridgehead atoms. The van der Waals surface area contributed by atoms with Crippen molar-refractivity contribution in [3.63, 3.8) is 0 Å². The van der Waals surface area contributed by atoms with E-state index in [2.05, 4.69) is 11.2 Å². The van der Waals surface area contributed by atoms with Crippen LogP contribution in [0.3, 0.4) is 0 Å². The Hall–Kier alpha value is -1.99. The number of hydrogen-bond acceptors (Lipinski definition) is 3. The molecule has 4 nitrogen and oxygen atoms in total. The zero-order chi connectivity index (χ0) is 14.6. The molecule has 1 aliphatic carbocycles. The number of halogens is 3. The summed E-state index contributed by atoms with van der Waals surface area (Å²) in [6, 6.07) is 0.834. The smallest absolute Gasteiger partial charge is 0.391 e. The highest BCUT2D eigenvalue weighted by molar-refractivity contribution is 5.82. The Kier molecular flexibility index (Phi) is 4.57. The number of hydrogen-bond donors (Lipinski definition) is 2. The zero-order valence-electron chi connectivity index (χ0n) is 9.95. The summed E-state index contributed by atoms with van der Waals surface area (Å²) in [5.41, 5.74) is -0.939. The number of nitrogens with zero attached hydrogens (tertiary/aromatic N) is 1. The van der Waals surface area contributed by atoms with Gasteiger partial charge in [0.2, 0.25) is 5.91 Å². The second kappa shape index (κ2) is 5.77. The molecule has 1 aliphatic rings. The van der Waals surface area contributed by atoms with E-state index in [0.717, 1.165) is 6.08 Å². The van der Waals surface area contributed by atoms with Crippen molar-refractivity contribution >= 4 is 5.91 Å². The molecule has 1 amide bonds. The number of allylic oxidation sites excluding steroid dienone is 1. The fraction of sp³-hybridized carbons (Fsp3) is 0.500. The van der Waals surface area contributed by atoms with Crippen LogP contribution < -0.4 is 5.32 Å². The maximum atomic E-state index is 12.3. The first kappa shape index (κ1) is 15.1. The predicted octanol–water partition coefficient (Wildman–Crippen LogP) is 0.888. The van der Waals surface area contributed by atoms with Gasteiger partial charge in [-0.1, -0.05) is 17.9 Å². The van der Waals surface area contributed by atoms with Gasteiger partial charge in [-0.05, 0) is 13.3 Å². The van der Waals surface area contributed by atoms with E-state index in [9.17, 15) is 23.1 Å². The quantitative estimate of drug-likeness (QED) is 0.749. The Bertz CT molecular complexity index is 492. The lowest BCUT2D eigenvalue weighted by Gasteiger charge is -2.18. The summed E-state index contributed by atoms with van der Waals surface area (Å²) in [5, 5.41) is 20.2. The Morgan fingerprint density at radius 2 is 2.32 bits per heavy atom. The summed E-state index contributed by atoms with van der Waals surface area (Å²) in [5.74, 6) is 2.17. The fourth-order valence-electron chi connectivity index (χ4n) is 1.44. The van der Waals surface area contributed by atoms with Crippen LogP contribution in [0.4, 0.5) is 13.2 Å². The van der Waals surface area contributed by atoms with Gasteiger partial charge in [-0.15, -0.1) is 0 Å². The molecule has 0 saturated carbocycles. The summed E-state index contributed by atoms with van der Waals surface area (Å²) in [7, 11) is 0. The van der Waals surface area contributed by atoms with Crippen molar-refractivity contribution in [2.75, 3.05) is 0 Å². The van der Waals surface area contributed by atoms with E-state index in [1.807, 2.05) is 5.92 Å². The average molecular weight is 272 g/mol. The molecule has 3 atom stereocenters. The number of carbonyl (C=O) groups is 1. The molecule has 19 heavy (non-hydrogen) atoms. The predicted molar refractivity (Wildman–Crippen MR) is 59.2 cm³/mol. The van der Waals surface area contributed by atoms with Crippen molar-refractivity contribution in [1.82, 2.24) is 5.32 Å². The molecule has 1 rings (SSSR count). The molecule has 0 aromatic heterocycles. The Balaban J connectivity index is 2.65. The SMILES string of the molecule is CC(O)C(C#N)C(=O)NC1C#CC(C(F)(F)F)=CC1. The van der Waals surface area contributed by atoms with Gasteiger partial charge in [-0.2, -0.15) is 18.4 Å². The van der Waals surface area contributed by atoms with Crippen molar-refractivity contribution < 1.29 is 23.1 Å². The first-order chi connectivity index (χ1) is 8.75. The molecule has 3 unspecified atom stereocenters. The number of aliphatic hydroxyl groups excluding tert-OH is 1. The number of nitriles is 1. The number of amides is 1. The summed E-state index contributed by atoms with van der Waals surface area (Å²) >= 11 is 0. The molecular formula is C12H11F3N2O2. The van der Waals surface area contributed by atoms with Gasteiger partial charge in [0.15, 0.2) is 5.92 Å². The van der Waals surface area contributed by atoms with Crippen LogP contribution in [0.2, 0.25) is 0 Å². The molecule has 0 heterocycles. The van der Waals surface area contributed by atoms with Gasteiger partial charge in [-0.3, -0.25) is 4.79 Å². The lowest BCUT2D eigenvalue weighted by molar-refractivity contribution is -0.126. The maximum absolute atomic E-state index is 12.3. The van der Waals surface area contributed by atoms with E-state index in [4.69, 9.17) is 5.26 Å². The van der Waals surface area contributed by atoms with Crippen LogP contribution in [0.25, 0.3) is 0 Å². The molecule has 0 aromatic carbocycles. The lowest BCUT2D eigenvalue weighted by atomic mass is 10.0. The van der Waals surface area contributed by atoms with Crippen molar-refractivity contribution in [3.8, 4) is 17.9 Å². The lowest BCUT2D eigenvalue weighted by Crippen LogP contribution is -2.41. The van der Waals surface area contributed by atoms with Crippen LogP contribution in [-0.4, -0.2) is 29.3 Å². The van der Waals surface area contributed by atoms with Gasteiger partial charge in [0, 0.05) is 0 Å². The van der Waals surface area contributed by atoms with Crippen LogP contribution >= 0.6 is 0 Å². The van der Waals surface area contributed by atoms with Crippen molar-refractivity contribution in [2.45, 2.75) is 31.7 Å². The minimum Gasteiger partial charge on any atom is -0.391 e. The molecule has 0 aliphatic heterocycles. The first-order valence-corrected chi connectivity index (χ1v) is 5.42. The molecule has 7 heteroatoms. The van der Waals surface area contributed by atoms with E-state index >= 15 is 0 Å². The number of aliphatic hydroxyl groups is 1. The van der Waals surface area contributed by atoms with Crippen LogP contribution in [0.1, 0.15) is 13.3 Å². The van der Waals surface area contributed by atoms with Crippen molar-refractivity contribution in [2.24, 2.45) is 5.92 Å². The number of rotatable bonds is 3. The van der Waals surface area contributed by atoms with E-state index in [0.29, 0.717) is 0 Å². The summed E-state index contributed by atoms with van der Waals surface area (Å²) in [6.45, 7) is 1.28. The van der Waals surface area contributed by atoms with Gasteiger partial charge in [-0.25, -0.2) is 0 Å². The van der Waals surface area contributed by atoms with E-state index in [-0.39, 0.29) is 6.42 Å². The monoisotopic (exact) mass is 272 g/mol. The van der Waals surface area contributed by atoms with Crippen LogP contribution in [0, 0.1) is 29.1 Å². The first-order valence-electron chi connectivity index (χ1n) is 5.42. The van der Waals surface area contributed by atoms with Crippen LogP contribution in [-0.2, 0) is 4.79 Å². The average Bonchev–Trinajstić information content (AvgIpc) is 2.28. The van der Waals surface area contributed by atoms with Crippen molar-refractivity contribution in [1.29, 1.82) is 5.26 Å². The Labute approximate surface area is 107 Å². The Morgan fingerprint density at radius 1 is 1.68 bits per heavy atom. The minimum absolute atomic E-state index is 0.0917. The standard InChI is InChI=1S/C12H11F3N2O2/c1-7(18)10(6-16)11(19)17-9-4-2-8(3-5-9)12(13,14)15/h2,7,9-10,18H,4H2,1H3,(H,17,19). The zero-order valence-corrected chi connectivity index (χ0v) is 9.95. The summed E-state index contributed by atoms with van der Waals surface area (Å²) < 4.78 is 36.9. The highest BCUT2D eigenvalue weighted by Crippen LogP contribution is 2.26. The minimum atomic E-state index is -4.49. The highest BCUT2D eigenvalue weighted by atomic mass is 19.4. The van der Waals surface area contributed by atoms with Crippen LogP contribution in [0.15, 0.2) is 11.6 Å². The van der Waals surface area contributed by atoms with Gasteiger partial charge in [0.1, 0.15) is 5.57 Å². The van der Waals surface area contributed by atoms with E-state index < -0.39 is 35.7 Å². The summed E-state index contributed by atoms with van der Waals surface area (Å²) in [6.07, 6.45) is -4.85. The molecule has 0 aromatic rings. The fourth-order valence-corrected chi connectivity index (χ4v) is 1.44. The second-order valence-electron chi connectivity index (χ2n) is 4.03. The van der Waals surface area contributed by atoms with Gasteiger partial charge >= 0.3 is 6.18 Å². The number of alkyl halides is 3. The third kappa shape index (κ3) is 4.01. The highest BCUT2D eigenvalue weighted by Gasteiger charge is 2.34. The molecule has 0 radical (unpaired) electrons. The van der Waals surface area contributed by atoms with Crippen LogP contribution in [0.5, 0.6) is 0 Å². The van der Waals surface area contributed by atoms with E-state index in [1.165, 1.54) is 6.92 Å². The van der Waals surface area contributed by atoms with Gasteiger partial charge < -0.3 is 10.4 Å².